The van der Waals surface area contributed by atoms with Gasteiger partial charge in [-0.2, -0.15) is 11.8 Å². The number of aliphatic carboxylic acids is 1. The van der Waals surface area contributed by atoms with E-state index in [1.54, 1.807) is 13.8 Å². The molecule has 0 aliphatic carbocycles. The first-order valence-electron chi connectivity index (χ1n) is 11.5. The molecule has 2 N–H and O–H groups in total. The summed E-state index contributed by atoms with van der Waals surface area (Å²) in [5, 5.41) is 13.2. The maximum atomic E-state index is 13.3. The van der Waals surface area contributed by atoms with Crippen LogP contribution in [0, 0.1) is 5.92 Å². The van der Waals surface area contributed by atoms with Gasteiger partial charge in [-0.1, -0.05) is 30.3 Å². The van der Waals surface area contributed by atoms with Crippen LogP contribution in [0.5, 0.6) is 0 Å². The van der Waals surface area contributed by atoms with E-state index in [4.69, 9.17) is 4.74 Å². The average molecular weight is 463 g/mol. The van der Waals surface area contributed by atoms with Crippen molar-refractivity contribution in [1.29, 1.82) is 0 Å². The number of piperidine rings is 1. The zero-order valence-electron chi connectivity index (χ0n) is 18.9. The summed E-state index contributed by atoms with van der Waals surface area (Å²) in [7, 11) is 0. The summed E-state index contributed by atoms with van der Waals surface area (Å²) in [5.41, 5.74) is 1.10. The molecule has 176 valence electrons. The van der Waals surface area contributed by atoms with Crippen molar-refractivity contribution in [3.05, 3.63) is 35.9 Å². The van der Waals surface area contributed by atoms with Crippen LogP contribution in [-0.2, 0) is 25.5 Å². The van der Waals surface area contributed by atoms with Crippen molar-refractivity contribution in [2.24, 2.45) is 5.92 Å². The zero-order chi connectivity index (χ0) is 23.1. The molecule has 1 amide bonds. The number of esters is 1. The normalized spacial score (nSPS) is 24.8. The molecular formula is C24H34N2O5S. The number of carboxylic acid groups (broad SMARTS) is 1. The van der Waals surface area contributed by atoms with Crippen LogP contribution in [-0.4, -0.2) is 70.1 Å². The molecule has 0 aromatic heterocycles. The summed E-state index contributed by atoms with van der Waals surface area (Å²) < 4.78 is 5.22. The van der Waals surface area contributed by atoms with Gasteiger partial charge in [-0.05, 0) is 63.2 Å². The smallest absolute Gasteiger partial charge is 0.326 e. The minimum Gasteiger partial charge on any atom is -0.480 e. The minimum atomic E-state index is -0.953. The highest BCUT2D eigenvalue weighted by atomic mass is 32.2. The van der Waals surface area contributed by atoms with Gasteiger partial charge in [0, 0.05) is 11.8 Å². The van der Waals surface area contributed by atoms with Crippen LogP contribution in [0.2, 0.25) is 0 Å². The Kier molecular flexibility index (Phi) is 8.99. The fourth-order valence-corrected chi connectivity index (χ4v) is 6.10. The van der Waals surface area contributed by atoms with Crippen LogP contribution in [0.1, 0.15) is 45.1 Å². The van der Waals surface area contributed by atoms with Crippen molar-refractivity contribution in [1.82, 2.24) is 10.2 Å². The number of rotatable bonds is 9. The van der Waals surface area contributed by atoms with Gasteiger partial charge in [0.15, 0.2) is 0 Å². The van der Waals surface area contributed by atoms with E-state index in [1.165, 1.54) is 4.90 Å². The third kappa shape index (κ3) is 6.25. The largest absolute Gasteiger partial charge is 0.480 e. The SMILES string of the molecule is CCOC(=O)[C@H](CCc1ccccc1)NC(C)C(=O)N1CC2SCCCC2C[C@H]1C(=O)O. The Morgan fingerprint density at radius 1 is 1.28 bits per heavy atom. The fourth-order valence-electron chi connectivity index (χ4n) is 4.68. The second-order valence-corrected chi connectivity index (χ2v) is 9.96. The molecular weight excluding hydrogens is 428 g/mol. The van der Waals surface area contributed by atoms with Gasteiger partial charge < -0.3 is 14.7 Å². The zero-order valence-corrected chi connectivity index (χ0v) is 19.7. The van der Waals surface area contributed by atoms with Gasteiger partial charge in [0.25, 0.3) is 0 Å². The van der Waals surface area contributed by atoms with E-state index in [-0.39, 0.29) is 23.7 Å². The molecule has 3 unspecified atom stereocenters. The van der Waals surface area contributed by atoms with Crippen LogP contribution < -0.4 is 5.32 Å². The number of fused-ring (bicyclic) bond motifs is 1. The second-order valence-electron chi connectivity index (χ2n) is 8.61. The number of likely N-dealkylation sites (tertiary alicyclic amines) is 1. The van der Waals surface area contributed by atoms with Crippen molar-refractivity contribution >= 4 is 29.6 Å². The predicted molar refractivity (Wildman–Crippen MR) is 125 cm³/mol. The molecule has 1 aromatic rings. The van der Waals surface area contributed by atoms with E-state index in [2.05, 4.69) is 5.32 Å². The molecule has 0 spiro atoms. The average Bonchev–Trinajstić information content (AvgIpc) is 2.80. The maximum Gasteiger partial charge on any atom is 0.326 e. The number of nitrogens with zero attached hydrogens (tertiary/aromatic N) is 1. The lowest BCUT2D eigenvalue weighted by Gasteiger charge is -2.45. The quantitative estimate of drug-likeness (QED) is 0.545. The lowest BCUT2D eigenvalue weighted by atomic mass is 9.86. The summed E-state index contributed by atoms with van der Waals surface area (Å²) in [6, 6.07) is 7.71. The molecule has 0 bridgehead atoms. The van der Waals surface area contributed by atoms with Crippen molar-refractivity contribution in [3.8, 4) is 0 Å². The molecule has 0 radical (unpaired) electrons. The van der Waals surface area contributed by atoms with Crippen molar-refractivity contribution in [2.75, 3.05) is 18.9 Å². The number of benzene rings is 1. The number of carboxylic acids is 1. The highest BCUT2D eigenvalue weighted by Gasteiger charge is 2.43. The fraction of sp³-hybridized carbons (Fsp3) is 0.625. The first-order valence-corrected chi connectivity index (χ1v) is 12.6. The minimum absolute atomic E-state index is 0.262. The topological polar surface area (TPSA) is 95.9 Å². The summed E-state index contributed by atoms with van der Waals surface area (Å²) in [6.45, 7) is 4.17. The van der Waals surface area contributed by atoms with Gasteiger partial charge in [-0.3, -0.25) is 14.9 Å². The molecule has 3 rings (SSSR count). The summed E-state index contributed by atoms with van der Waals surface area (Å²) >= 11 is 1.84. The Hall–Kier alpha value is -2.06. The molecule has 0 saturated carbocycles. The van der Waals surface area contributed by atoms with Gasteiger partial charge in [0.1, 0.15) is 12.1 Å². The number of hydrogen-bond acceptors (Lipinski definition) is 6. The molecule has 2 aliphatic rings. The summed E-state index contributed by atoms with van der Waals surface area (Å²) in [5.74, 6) is -0.208. The van der Waals surface area contributed by atoms with E-state index >= 15 is 0 Å². The van der Waals surface area contributed by atoms with Crippen LogP contribution in [0.25, 0.3) is 0 Å². The van der Waals surface area contributed by atoms with E-state index in [0.29, 0.717) is 31.7 Å². The number of nitrogens with one attached hydrogen (secondary N) is 1. The number of carbonyl (C=O) groups excluding carboxylic acids is 2. The predicted octanol–water partition coefficient (Wildman–Crippen LogP) is 2.73. The summed E-state index contributed by atoms with van der Waals surface area (Å²) in [4.78, 5) is 39.3. The van der Waals surface area contributed by atoms with E-state index < -0.39 is 24.1 Å². The first kappa shape index (κ1) is 24.6. The first-order chi connectivity index (χ1) is 15.4. The second kappa shape index (κ2) is 11.7. The van der Waals surface area contributed by atoms with Gasteiger partial charge in [0.2, 0.25) is 5.91 Å². The Balaban J connectivity index is 1.67. The van der Waals surface area contributed by atoms with E-state index in [1.807, 2.05) is 42.1 Å². The van der Waals surface area contributed by atoms with E-state index in [9.17, 15) is 19.5 Å². The molecule has 2 saturated heterocycles. The number of amides is 1. The van der Waals surface area contributed by atoms with Crippen molar-refractivity contribution in [2.45, 2.75) is 69.3 Å². The van der Waals surface area contributed by atoms with Crippen LogP contribution in [0.3, 0.4) is 0 Å². The van der Waals surface area contributed by atoms with Crippen molar-refractivity contribution < 1.29 is 24.2 Å². The molecule has 1 aromatic carbocycles. The standard InChI is InChI=1S/C24H34N2O5S/c1-3-31-24(30)19(12-11-17-8-5-4-6-9-17)25-16(2)22(27)26-15-21-18(10-7-13-32-21)14-20(26)23(28)29/h4-6,8-9,16,18-21,25H,3,7,10-15H2,1-2H3,(H,28,29)/t16?,18?,19-,20-,21?/m0/s1. The van der Waals surface area contributed by atoms with Crippen LogP contribution in [0.15, 0.2) is 30.3 Å². The third-order valence-electron chi connectivity index (χ3n) is 6.38. The molecule has 7 nitrogen and oxygen atoms in total. The lowest BCUT2D eigenvalue weighted by molar-refractivity contribution is -0.154. The Labute approximate surface area is 194 Å². The van der Waals surface area contributed by atoms with Gasteiger partial charge >= 0.3 is 11.9 Å². The van der Waals surface area contributed by atoms with E-state index in [0.717, 1.165) is 24.2 Å². The van der Waals surface area contributed by atoms with Gasteiger partial charge in [0.05, 0.1) is 12.6 Å². The molecule has 8 heteroatoms. The Morgan fingerprint density at radius 3 is 2.72 bits per heavy atom. The van der Waals surface area contributed by atoms with Crippen molar-refractivity contribution in [3.63, 3.8) is 0 Å². The maximum absolute atomic E-state index is 13.3. The number of aryl methyl sites for hydroxylation is 1. The molecule has 5 atom stereocenters. The van der Waals surface area contributed by atoms with Crippen LogP contribution in [0.4, 0.5) is 0 Å². The number of hydrogen-bond donors (Lipinski definition) is 2. The van der Waals surface area contributed by atoms with Gasteiger partial charge in [-0.15, -0.1) is 0 Å². The summed E-state index contributed by atoms with van der Waals surface area (Å²) in [6.07, 6.45) is 3.79. The Bertz CT molecular complexity index is 790. The highest BCUT2D eigenvalue weighted by molar-refractivity contribution is 8.00. The molecule has 2 fully saturated rings. The Morgan fingerprint density at radius 2 is 2.03 bits per heavy atom. The molecule has 2 aliphatic heterocycles. The lowest BCUT2D eigenvalue weighted by Crippen LogP contribution is -2.60. The number of thioether (sulfide) groups is 1. The number of ether oxygens (including phenoxy) is 1. The monoisotopic (exact) mass is 462 g/mol. The number of carbonyl (C=O) groups is 3. The molecule has 2 heterocycles. The van der Waals surface area contributed by atoms with Crippen LogP contribution >= 0.6 is 11.8 Å². The third-order valence-corrected chi connectivity index (χ3v) is 7.87. The van der Waals surface area contributed by atoms with Gasteiger partial charge in [-0.25, -0.2) is 4.79 Å². The molecule has 32 heavy (non-hydrogen) atoms. The highest BCUT2D eigenvalue weighted by Crippen LogP contribution is 2.38.